The van der Waals surface area contributed by atoms with Crippen molar-refractivity contribution in [1.82, 2.24) is 10.6 Å². The zero-order chi connectivity index (χ0) is 8.60. The fraction of sp³-hybridized carbons (Fsp3) is 0.889. The summed E-state index contributed by atoms with van der Waals surface area (Å²) in [6.07, 6.45) is 2.14. The molecule has 0 bridgehead atoms. The van der Waals surface area contributed by atoms with Gasteiger partial charge in [-0.3, -0.25) is 4.79 Å². The van der Waals surface area contributed by atoms with Crippen LogP contribution < -0.4 is 10.6 Å². The van der Waals surface area contributed by atoms with Gasteiger partial charge in [0.1, 0.15) is 0 Å². The number of hydrogen-bond acceptors (Lipinski definition) is 2. The van der Waals surface area contributed by atoms with Crippen LogP contribution in [0.15, 0.2) is 0 Å². The van der Waals surface area contributed by atoms with Gasteiger partial charge < -0.3 is 10.6 Å². The lowest BCUT2D eigenvalue weighted by atomic mass is 9.96. The molecule has 1 saturated heterocycles. The second-order valence-electron chi connectivity index (χ2n) is 4.01. The third-order valence-electron chi connectivity index (χ3n) is 3.01. The summed E-state index contributed by atoms with van der Waals surface area (Å²) in [6, 6.07) is 0. The average molecular weight is 168 g/mol. The molecule has 1 heterocycles. The predicted octanol–water partition coefficient (Wildman–Crippen LogP) is 0.122. The first kappa shape index (κ1) is 8.05. The average Bonchev–Trinajstić information content (AvgIpc) is 2.73. The highest BCUT2D eigenvalue weighted by Crippen LogP contribution is 2.55. The Labute approximate surface area is 72.9 Å². The molecule has 1 saturated carbocycles. The van der Waals surface area contributed by atoms with E-state index in [1.54, 1.807) is 0 Å². The Hall–Kier alpha value is -0.570. The van der Waals surface area contributed by atoms with Gasteiger partial charge in [0, 0.05) is 31.0 Å². The first-order chi connectivity index (χ1) is 5.78. The lowest BCUT2D eigenvalue weighted by Gasteiger charge is -2.28. The lowest BCUT2D eigenvalue weighted by Crippen LogP contribution is -2.47. The standard InChI is InChI=1S/C9H16N2O/c1-2-3-11-8(12)7-4-9(7)5-10-6-9/h7,10H,2-6H2,1H3,(H,11,12). The Morgan fingerprint density at radius 1 is 1.67 bits per heavy atom. The van der Waals surface area contributed by atoms with E-state index in [1.165, 1.54) is 0 Å². The normalized spacial score (nSPS) is 29.6. The van der Waals surface area contributed by atoms with E-state index in [-0.39, 0.29) is 5.91 Å². The van der Waals surface area contributed by atoms with E-state index in [1.807, 2.05) is 0 Å². The maximum atomic E-state index is 11.4. The van der Waals surface area contributed by atoms with Gasteiger partial charge in [0.15, 0.2) is 0 Å². The van der Waals surface area contributed by atoms with Gasteiger partial charge in [-0.15, -0.1) is 0 Å². The summed E-state index contributed by atoms with van der Waals surface area (Å²) >= 11 is 0. The molecule has 2 N–H and O–H groups in total. The maximum Gasteiger partial charge on any atom is 0.223 e. The van der Waals surface area contributed by atoms with Gasteiger partial charge >= 0.3 is 0 Å². The van der Waals surface area contributed by atoms with Crippen molar-refractivity contribution < 1.29 is 4.79 Å². The zero-order valence-electron chi connectivity index (χ0n) is 7.52. The molecule has 1 spiro atoms. The van der Waals surface area contributed by atoms with Gasteiger partial charge in [0.05, 0.1) is 0 Å². The quantitative estimate of drug-likeness (QED) is 0.628. The van der Waals surface area contributed by atoms with E-state index in [9.17, 15) is 4.79 Å². The summed E-state index contributed by atoms with van der Waals surface area (Å²) in [5, 5.41) is 6.18. The van der Waals surface area contributed by atoms with Crippen molar-refractivity contribution in [1.29, 1.82) is 0 Å². The number of carbonyl (C=O) groups excluding carboxylic acids is 1. The number of hydrogen-bond donors (Lipinski definition) is 2. The van der Waals surface area contributed by atoms with Crippen molar-refractivity contribution in [3.05, 3.63) is 0 Å². The van der Waals surface area contributed by atoms with Crippen LogP contribution in [0.1, 0.15) is 19.8 Å². The number of nitrogens with one attached hydrogen (secondary N) is 2. The van der Waals surface area contributed by atoms with Crippen molar-refractivity contribution in [3.63, 3.8) is 0 Å². The van der Waals surface area contributed by atoms with Gasteiger partial charge in [-0.1, -0.05) is 6.92 Å². The van der Waals surface area contributed by atoms with Crippen LogP contribution in [0.3, 0.4) is 0 Å². The van der Waals surface area contributed by atoms with Gasteiger partial charge in [0.2, 0.25) is 5.91 Å². The topological polar surface area (TPSA) is 41.1 Å². The van der Waals surface area contributed by atoms with Crippen LogP contribution >= 0.6 is 0 Å². The lowest BCUT2D eigenvalue weighted by molar-refractivity contribution is -0.123. The fourth-order valence-corrected chi connectivity index (χ4v) is 1.93. The van der Waals surface area contributed by atoms with E-state index in [0.29, 0.717) is 11.3 Å². The minimum absolute atomic E-state index is 0.276. The van der Waals surface area contributed by atoms with Gasteiger partial charge in [-0.2, -0.15) is 0 Å². The summed E-state index contributed by atoms with van der Waals surface area (Å²) < 4.78 is 0. The Morgan fingerprint density at radius 2 is 2.42 bits per heavy atom. The molecule has 1 aliphatic carbocycles. The smallest absolute Gasteiger partial charge is 0.223 e. The fourth-order valence-electron chi connectivity index (χ4n) is 1.93. The zero-order valence-corrected chi connectivity index (χ0v) is 7.52. The van der Waals surface area contributed by atoms with E-state index >= 15 is 0 Å². The van der Waals surface area contributed by atoms with Crippen LogP contribution in [0.5, 0.6) is 0 Å². The molecule has 2 fully saturated rings. The van der Waals surface area contributed by atoms with E-state index in [2.05, 4.69) is 17.6 Å². The highest BCUT2D eigenvalue weighted by Gasteiger charge is 2.61. The van der Waals surface area contributed by atoms with E-state index in [0.717, 1.165) is 32.5 Å². The molecule has 2 aliphatic rings. The molecule has 0 radical (unpaired) electrons. The molecule has 2 rings (SSSR count). The first-order valence-corrected chi connectivity index (χ1v) is 4.77. The molecule has 0 aromatic heterocycles. The van der Waals surface area contributed by atoms with Crippen molar-refractivity contribution in [2.75, 3.05) is 19.6 Å². The molecule has 3 nitrogen and oxygen atoms in total. The van der Waals surface area contributed by atoms with Gasteiger partial charge in [0.25, 0.3) is 0 Å². The van der Waals surface area contributed by atoms with Crippen LogP contribution in [-0.2, 0) is 4.79 Å². The highest BCUT2D eigenvalue weighted by atomic mass is 16.2. The number of amides is 1. The predicted molar refractivity (Wildman–Crippen MR) is 46.7 cm³/mol. The Balaban J connectivity index is 1.76. The third-order valence-corrected chi connectivity index (χ3v) is 3.01. The second-order valence-corrected chi connectivity index (χ2v) is 4.01. The molecule has 1 atom stereocenters. The van der Waals surface area contributed by atoms with Crippen LogP contribution in [-0.4, -0.2) is 25.5 Å². The first-order valence-electron chi connectivity index (χ1n) is 4.77. The van der Waals surface area contributed by atoms with Crippen molar-refractivity contribution in [2.24, 2.45) is 11.3 Å². The number of rotatable bonds is 3. The van der Waals surface area contributed by atoms with Crippen molar-refractivity contribution >= 4 is 5.91 Å². The van der Waals surface area contributed by atoms with Crippen LogP contribution in [0.25, 0.3) is 0 Å². The Kier molecular flexibility index (Phi) is 1.83. The van der Waals surface area contributed by atoms with Crippen molar-refractivity contribution in [2.45, 2.75) is 19.8 Å². The van der Waals surface area contributed by atoms with Gasteiger partial charge in [-0.25, -0.2) is 0 Å². The van der Waals surface area contributed by atoms with Crippen LogP contribution in [0.2, 0.25) is 0 Å². The molecule has 0 aromatic carbocycles. The van der Waals surface area contributed by atoms with Gasteiger partial charge in [-0.05, 0) is 12.8 Å². The third kappa shape index (κ3) is 1.12. The molecule has 12 heavy (non-hydrogen) atoms. The van der Waals surface area contributed by atoms with Crippen molar-refractivity contribution in [3.8, 4) is 0 Å². The molecule has 1 aliphatic heterocycles. The molecular formula is C9H16N2O. The summed E-state index contributed by atoms with van der Waals surface area (Å²) in [4.78, 5) is 11.4. The molecule has 0 aromatic rings. The second kappa shape index (κ2) is 2.73. The van der Waals surface area contributed by atoms with Crippen LogP contribution in [0, 0.1) is 11.3 Å². The summed E-state index contributed by atoms with van der Waals surface area (Å²) in [6.45, 7) is 5.01. The Bertz CT molecular complexity index is 199. The molecule has 68 valence electrons. The summed E-state index contributed by atoms with van der Waals surface area (Å²) in [7, 11) is 0. The summed E-state index contributed by atoms with van der Waals surface area (Å²) in [5.74, 6) is 0.601. The largest absolute Gasteiger partial charge is 0.356 e. The maximum absolute atomic E-state index is 11.4. The minimum atomic E-state index is 0.276. The van der Waals surface area contributed by atoms with E-state index in [4.69, 9.17) is 0 Å². The summed E-state index contributed by atoms with van der Waals surface area (Å²) in [5.41, 5.74) is 0.387. The molecular weight excluding hydrogens is 152 g/mol. The minimum Gasteiger partial charge on any atom is -0.356 e. The van der Waals surface area contributed by atoms with Crippen LogP contribution in [0.4, 0.5) is 0 Å². The Morgan fingerprint density at radius 3 is 2.83 bits per heavy atom. The molecule has 3 heteroatoms. The number of carbonyl (C=O) groups is 1. The monoisotopic (exact) mass is 168 g/mol. The molecule has 1 unspecified atom stereocenters. The van der Waals surface area contributed by atoms with E-state index < -0.39 is 0 Å². The highest BCUT2D eigenvalue weighted by molar-refractivity contribution is 5.83. The molecule has 1 amide bonds. The SMILES string of the molecule is CCCNC(=O)C1CC12CNC2.